The van der Waals surface area contributed by atoms with Crippen LogP contribution in [0.1, 0.15) is 27.6 Å². The van der Waals surface area contributed by atoms with Crippen LogP contribution in [0.25, 0.3) is 0 Å². The van der Waals surface area contributed by atoms with E-state index in [0.717, 1.165) is 10.2 Å². The van der Waals surface area contributed by atoms with Crippen molar-refractivity contribution in [3.63, 3.8) is 0 Å². The van der Waals surface area contributed by atoms with Gasteiger partial charge in [-0.3, -0.25) is 11.3 Å². The number of aryl methyl sites for hydroxylation is 2. The van der Waals surface area contributed by atoms with Crippen molar-refractivity contribution in [2.24, 2.45) is 5.84 Å². The first-order chi connectivity index (χ1) is 8.60. The van der Waals surface area contributed by atoms with Gasteiger partial charge in [0.1, 0.15) is 0 Å². The highest BCUT2D eigenvalue weighted by Gasteiger charge is 2.14. The zero-order valence-electron chi connectivity index (χ0n) is 10.5. The maximum absolute atomic E-state index is 5.71. The lowest BCUT2D eigenvalue weighted by Crippen LogP contribution is -2.29. The molecule has 1 aromatic carbocycles. The van der Waals surface area contributed by atoms with E-state index in [2.05, 4.69) is 65.5 Å². The quantitative estimate of drug-likeness (QED) is 0.661. The Morgan fingerprint density at radius 3 is 2.61 bits per heavy atom. The van der Waals surface area contributed by atoms with E-state index in [1.165, 1.54) is 21.6 Å². The SMILES string of the molecule is Cc1ccc(C(Cc2ccc(Br)s2)NN)c(C)c1. The van der Waals surface area contributed by atoms with E-state index < -0.39 is 0 Å². The van der Waals surface area contributed by atoms with Gasteiger partial charge in [0.15, 0.2) is 0 Å². The lowest BCUT2D eigenvalue weighted by Gasteiger charge is -2.18. The Kier molecular flexibility index (Phi) is 4.56. The fourth-order valence-electron chi connectivity index (χ4n) is 2.14. The summed E-state index contributed by atoms with van der Waals surface area (Å²) < 4.78 is 1.16. The molecular weight excluding hydrogens is 308 g/mol. The summed E-state index contributed by atoms with van der Waals surface area (Å²) in [6.45, 7) is 4.25. The molecule has 0 amide bonds. The zero-order chi connectivity index (χ0) is 13.1. The topological polar surface area (TPSA) is 38.0 Å². The molecule has 2 rings (SSSR count). The van der Waals surface area contributed by atoms with Gasteiger partial charge in [-0.05, 0) is 53.0 Å². The van der Waals surface area contributed by atoms with Crippen molar-refractivity contribution in [3.05, 3.63) is 55.7 Å². The lowest BCUT2D eigenvalue weighted by molar-refractivity contribution is 0.553. The molecule has 0 fully saturated rings. The highest BCUT2D eigenvalue weighted by Crippen LogP contribution is 2.28. The Hall–Kier alpha value is -0.680. The molecule has 0 bridgehead atoms. The molecule has 0 aliphatic heterocycles. The first-order valence-electron chi connectivity index (χ1n) is 5.87. The fourth-order valence-corrected chi connectivity index (χ4v) is 3.67. The number of rotatable bonds is 4. The number of hydrogen-bond acceptors (Lipinski definition) is 3. The molecule has 2 nitrogen and oxygen atoms in total. The van der Waals surface area contributed by atoms with Crippen LogP contribution in [-0.4, -0.2) is 0 Å². The second-order valence-electron chi connectivity index (χ2n) is 4.49. The van der Waals surface area contributed by atoms with Gasteiger partial charge in [0.05, 0.1) is 9.83 Å². The smallest absolute Gasteiger partial charge is 0.0701 e. The molecule has 1 heterocycles. The Morgan fingerprint density at radius 1 is 1.28 bits per heavy atom. The van der Waals surface area contributed by atoms with Gasteiger partial charge in [-0.15, -0.1) is 11.3 Å². The summed E-state index contributed by atoms with van der Waals surface area (Å²) in [7, 11) is 0. The third-order valence-corrected chi connectivity index (χ3v) is 4.68. The lowest BCUT2D eigenvalue weighted by atomic mass is 9.97. The maximum atomic E-state index is 5.71. The molecule has 0 saturated heterocycles. The van der Waals surface area contributed by atoms with E-state index in [9.17, 15) is 0 Å². The van der Waals surface area contributed by atoms with Crippen molar-refractivity contribution in [1.29, 1.82) is 0 Å². The Labute approximate surface area is 120 Å². The molecule has 0 aliphatic carbocycles. The van der Waals surface area contributed by atoms with E-state index in [-0.39, 0.29) is 6.04 Å². The summed E-state index contributed by atoms with van der Waals surface area (Å²) in [6, 6.07) is 10.9. The third-order valence-electron chi connectivity index (χ3n) is 3.04. The van der Waals surface area contributed by atoms with Crippen LogP contribution in [0, 0.1) is 13.8 Å². The molecule has 1 unspecified atom stereocenters. The molecule has 1 aromatic heterocycles. The van der Waals surface area contributed by atoms with Crippen LogP contribution in [0.5, 0.6) is 0 Å². The predicted molar refractivity (Wildman–Crippen MR) is 81.7 cm³/mol. The molecule has 96 valence electrons. The monoisotopic (exact) mass is 324 g/mol. The molecule has 18 heavy (non-hydrogen) atoms. The highest BCUT2D eigenvalue weighted by molar-refractivity contribution is 9.11. The van der Waals surface area contributed by atoms with Gasteiger partial charge in [0.2, 0.25) is 0 Å². The van der Waals surface area contributed by atoms with Crippen molar-refractivity contribution in [2.45, 2.75) is 26.3 Å². The summed E-state index contributed by atoms with van der Waals surface area (Å²) in [5.74, 6) is 5.71. The van der Waals surface area contributed by atoms with E-state index in [0.29, 0.717) is 0 Å². The van der Waals surface area contributed by atoms with Gasteiger partial charge >= 0.3 is 0 Å². The van der Waals surface area contributed by atoms with Crippen molar-refractivity contribution < 1.29 is 0 Å². The fraction of sp³-hybridized carbons (Fsp3) is 0.286. The summed E-state index contributed by atoms with van der Waals surface area (Å²) >= 11 is 5.25. The summed E-state index contributed by atoms with van der Waals surface area (Å²) in [5, 5.41) is 0. The van der Waals surface area contributed by atoms with Crippen LogP contribution in [0.3, 0.4) is 0 Å². The number of hydrogen-bond donors (Lipinski definition) is 2. The van der Waals surface area contributed by atoms with Gasteiger partial charge < -0.3 is 0 Å². The largest absolute Gasteiger partial charge is 0.271 e. The minimum absolute atomic E-state index is 0.163. The number of hydrazine groups is 1. The normalized spacial score (nSPS) is 12.7. The van der Waals surface area contributed by atoms with Crippen molar-refractivity contribution in [2.75, 3.05) is 0 Å². The van der Waals surface area contributed by atoms with Crippen LogP contribution < -0.4 is 11.3 Å². The molecule has 4 heteroatoms. The third kappa shape index (κ3) is 3.20. The standard InChI is InChI=1S/C14H17BrN2S/c1-9-3-5-12(10(2)7-9)13(17-16)8-11-4-6-14(15)18-11/h3-7,13,17H,8,16H2,1-2H3. The summed E-state index contributed by atoms with van der Waals surface area (Å²) in [4.78, 5) is 1.32. The minimum atomic E-state index is 0.163. The number of nitrogens with two attached hydrogens (primary N) is 1. The predicted octanol–water partition coefficient (Wildman–Crippen LogP) is 3.87. The molecule has 0 saturated carbocycles. The Morgan fingerprint density at radius 2 is 2.06 bits per heavy atom. The molecule has 0 aliphatic rings. The van der Waals surface area contributed by atoms with Crippen molar-refractivity contribution >= 4 is 27.3 Å². The van der Waals surface area contributed by atoms with Gasteiger partial charge in [0.25, 0.3) is 0 Å². The van der Waals surface area contributed by atoms with E-state index in [4.69, 9.17) is 5.84 Å². The van der Waals surface area contributed by atoms with Crippen LogP contribution in [0.4, 0.5) is 0 Å². The second-order valence-corrected chi connectivity index (χ2v) is 7.04. The summed E-state index contributed by atoms with van der Waals surface area (Å²) in [6.07, 6.45) is 0.913. The molecular formula is C14H17BrN2S. The van der Waals surface area contributed by atoms with Gasteiger partial charge in [-0.1, -0.05) is 23.8 Å². The van der Waals surface area contributed by atoms with E-state index in [1.807, 2.05) is 0 Å². The first kappa shape index (κ1) is 13.7. The number of halogens is 1. The molecule has 2 aromatic rings. The van der Waals surface area contributed by atoms with Crippen LogP contribution >= 0.6 is 27.3 Å². The van der Waals surface area contributed by atoms with Crippen molar-refractivity contribution in [3.8, 4) is 0 Å². The molecule has 3 N–H and O–H groups in total. The van der Waals surface area contributed by atoms with Gasteiger partial charge in [-0.2, -0.15) is 0 Å². The maximum Gasteiger partial charge on any atom is 0.0701 e. The van der Waals surface area contributed by atoms with E-state index in [1.54, 1.807) is 11.3 Å². The minimum Gasteiger partial charge on any atom is -0.271 e. The van der Waals surface area contributed by atoms with Gasteiger partial charge in [-0.25, -0.2) is 0 Å². The average molecular weight is 325 g/mol. The van der Waals surface area contributed by atoms with Crippen LogP contribution in [0.2, 0.25) is 0 Å². The van der Waals surface area contributed by atoms with Gasteiger partial charge in [0, 0.05) is 11.3 Å². The zero-order valence-corrected chi connectivity index (χ0v) is 12.9. The van der Waals surface area contributed by atoms with Crippen LogP contribution in [-0.2, 0) is 6.42 Å². The van der Waals surface area contributed by atoms with E-state index >= 15 is 0 Å². The molecule has 0 spiro atoms. The molecule has 1 atom stereocenters. The number of benzene rings is 1. The second kappa shape index (κ2) is 5.97. The number of nitrogens with one attached hydrogen (secondary N) is 1. The Bertz CT molecular complexity index is 536. The Balaban J connectivity index is 2.22. The summed E-state index contributed by atoms with van der Waals surface area (Å²) in [5.41, 5.74) is 6.77. The van der Waals surface area contributed by atoms with Crippen LogP contribution in [0.15, 0.2) is 34.1 Å². The molecule has 0 radical (unpaired) electrons. The van der Waals surface area contributed by atoms with Crippen molar-refractivity contribution in [1.82, 2.24) is 5.43 Å². The first-order valence-corrected chi connectivity index (χ1v) is 7.48. The average Bonchev–Trinajstić information content (AvgIpc) is 2.72. The highest BCUT2D eigenvalue weighted by atomic mass is 79.9. The number of thiophene rings is 1.